The Morgan fingerprint density at radius 1 is 0.661 bits per heavy atom. The first-order valence-corrected chi connectivity index (χ1v) is 21.9. The number of phenols is 1. The Morgan fingerprint density at radius 3 is 1.73 bits per heavy atom. The van der Waals surface area contributed by atoms with Crippen molar-refractivity contribution in [2.75, 3.05) is 20.1 Å². The van der Waals surface area contributed by atoms with Crippen LogP contribution in [0.3, 0.4) is 0 Å². The van der Waals surface area contributed by atoms with Gasteiger partial charge in [0, 0.05) is 39.9 Å². The Bertz CT molecular complexity index is 2940. The monoisotopic (exact) mass is 871 g/mol. The Morgan fingerprint density at radius 2 is 1.20 bits per heavy atom. The predicted molar refractivity (Wildman–Crippen MR) is 210 cm³/mol. The fourth-order valence-corrected chi connectivity index (χ4v) is 9.25. The van der Waals surface area contributed by atoms with Crippen molar-refractivity contribution < 1.29 is 34.9 Å². The zero-order valence-electron chi connectivity index (χ0n) is 27.6. The van der Waals surface area contributed by atoms with Gasteiger partial charge in [-0.15, -0.1) is 27.8 Å². The number of hydrogen-bond acceptors (Lipinski definition) is 18. The van der Waals surface area contributed by atoms with E-state index in [-0.39, 0.29) is 53.7 Å². The van der Waals surface area contributed by atoms with Crippen molar-refractivity contribution in [3.8, 4) is 5.75 Å². The second-order valence-corrected chi connectivity index (χ2v) is 18.0. The number of azo groups is 1. The number of nitrogens with one attached hydrogen (secondary N) is 4. The Balaban J connectivity index is 1.10. The number of hydrogen-bond donors (Lipinski definition) is 6. The molecule has 0 aliphatic rings. The van der Waals surface area contributed by atoms with Crippen molar-refractivity contribution in [2.24, 2.45) is 10.2 Å². The molecule has 0 spiro atoms. The molecule has 0 bridgehead atoms. The van der Waals surface area contributed by atoms with Crippen molar-refractivity contribution in [1.82, 2.24) is 24.9 Å². The van der Waals surface area contributed by atoms with E-state index in [1.54, 1.807) is 10.8 Å². The van der Waals surface area contributed by atoms with Crippen LogP contribution in [-0.2, 0) is 30.2 Å². The normalized spacial score (nSPS) is 12.2. The lowest BCUT2D eigenvalue weighted by Gasteiger charge is -2.12. The molecule has 7 rings (SSSR count). The third kappa shape index (κ3) is 8.81. The molecule has 0 atom stereocenters. The maximum absolute atomic E-state index is 12.7. The third-order valence-electron chi connectivity index (χ3n) is 7.33. The van der Waals surface area contributed by atoms with E-state index in [1.165, 1.54) is 79.1 Å². The maximum atomic E-state index is 12.7. The number of rotatable bonds is 13. The molecule has 19 nitrogen and oxygen atoms in total. The smallest absolute Gasteiger partial charge is 0.296 e. The van der Waals surface area contributed by atoms with E-state index in [1.807, 2.05) is 0 Å². The summed E-state index contributed by atoms with van der Waals surface area (Å²) in [5, 5.41) is 28.5. The minimum Gasteiger partial charge on any atom is -0.505 e. The number of halogens is 1. The number of sulfonamides is 2. The van der Waals surface area contributed by atoms with Crippen LogP contribution < -0.4 is 20.1 Å². The quantitative estimate of drug-likeness (QED) is 0.0500. The van der Waals surface area contributed by atoms with E-state index in [0.29, 0.717) is 11.4 Å². The van der Waals surface area contributed by atoms with Gasteiger partial charge in [-0.25, -0.2) is 26.8 Å². The van der Waals surface area contributed by atoms with Crippen molar-refractivity contribution in [2.45, 2.75) is 14.7 Å². The van der Waals surface area contributed by atoms with Gasteiger partial charge < -0.3 is 15.7 Å². The van der Waals surface area contributed by atoms with Crippen LogP contribution in [0.15, 0.2) is 121 Å². The van der Waals surface area contributed by atoms with Crippen LogP contribution in [0.25, 0.3) is 10.8 Å². The van der Waals surface area contributed by atoms with Gasteiger partial charge in [-0.3, -0.25) is 14.0 Å². The molecule has 0 saturated carbocycles. The third-order valence-corrected chi connectivity index (χ3v) is 12.7. The molecular weight excluding hydrogens is 850 g/mol. The second kappa shape index (κ2) is 15.3. The fourth-order valence-electron chi connectivity index (χ4n) is 4.86. The van der Waals surface area contributed by atoms with E-state index >= 15 is 0 Å². The summed E-state index contributed by atoms with van der Waals surface area (Å²) in [7, 11) is -12.8. The van der Waals surface area contributed by atoms with E-state index < -0.39 is 46.5 Å². The molecule has 286 valence electrons. The molecule has 0 aliphatic carbocycles. The minimum absolute atomic E-state index is 0.00489. The van der Waals surface area contributed by atoms with Crippen LogP contribution in [0.2, 0.25) is 5.28 Å². The standard InChI is InChI=1S/C31H22ClN11O8S5/c32-27-37-28(35-18-1-6-21(7-2-18)54(45,46)42-30-33-11-13-52-30)39-29(38-27)36-20-5-10-23-17(15-20)16-24(56(49,50)51)25(26(23)44)41-40-19-3-8-22(9-4-19)55(47,48)43-31-34-12-14-53-31/h1-16,44H,(H,33,42)(H,34,43)(H,49,50,51)(H2,35,36,37,38,39). The van der Waals surface area contributed by atoms with Crippen molar-refractivity contribution >= 4 is 120 Å². The second-order valence-electron chi connectivity index (χ2n) is 11.1. The molecule has 0 radical (unpaired) electrons. The highest BCUT2D eigenvalue weighted by Crippen LogP contribution is 2.42. The van der Waals surface area contributed by atoms with Gasteiger partial charge in [-0.2, -0.15) is 28.5 Å². The van der Waals surface area contributed by atoms with Gasteiger partial charge in [0.25, 0.3) is 30.2 Å². The molecule has 0 aliphatic heterocycles. The summed E-state index contributed by atoms with van der Waals surface area (Å²) in [6.45, 7) is 0. The van der Waals surface area contributed by atoms with Gasteiger partial charge in [-0.1, -0.05) is 0 Å². The van der Waals surface area contributed by atoms with Crippen molar-refractivity contribution in [3.05, 3.63) is 101 Å². The molecule has 0 unspecified atom stereocenters. The fraction of sp³-hybridized carbons (Fsp3) is 0. The molecule has 4 aromatic carbocycles. The molecule has 25 heteroatoms. The van der Waals surface area contributed by atoms with Crippen molar-refractivity contribution in [1.29, 1.82) is 0 Å². The highest BCUT2D eigenvalue weighted by molar-refractivity contribution is 7.93. The van der Waals surface area contributed by atoms with Crippen LogP contribution in [0.5, 0.6) is 5.75 Å². The summed E-state index contributed by atoms with van der Waals surface area (Å²) in [4.78, 5) is 19.3. The van der Waals surface area contributed by atoms with Gasteiger partial charge in [0.15, 0.2) is 16.0 Å². The number of aromatic hydroxyl groups is 1. The highest BCUT2D eigenvalue weighted by Gasteiger charge is 2.23. The van der Waals surface area contributed by atoms with Crippen LogP contribution in [0, 0.1) is 0 Å². The molecule has 56 heavy (non-hydrogen) atoms. The summed E-state index contributed by atoms with van der Waals surface area (Å²) in [5.74, 6) is -0.666. The lowest BCUT2D eigenvalue weighted by Crippen LogP contribution is -2.12. The Labute approximate surface area is 330 Å². The first-order chi connectivity index (χ1) is 26.6. The number of aromatic nitrogens is 5. The Hall–Kier alpha value is -5.89. The summed E-state index contributed by atoms with van der Waals surface area (Å²) < 4.78 is 90.3. The van der Waals surface area contributed by atoms with Gasteiger partial charge in [-0.05, 0) is 89.8 Å². The summed E-state index contributed by atoms with van der Waals surface area (Å²) in [6.07, 6.45) is 2.92. The van der Waals surface area contributed by atoms with Crippen LogP contribution in [-0.4, -0.2) is 59.8 Å². The number of thiazole rings is 2. The first-order valence-electron chi connectivity index (χ1n) is 15.3. The topological polar surface area (TPSA) is 280 Å². The van der Waals surface area contributed by atoms with Crippen LogP contribution in [0.1, 0.15) is 0 Å². The zero-order valence-corrected chi connectivity index (χ0v) is 32.5. The first kappa shape index (κ1) is 38.4. The number of anilines is 6. The summed E-state index contributed by atoms with van der Waals surface area (Å²) >= 11 is 8.39. The lowest BCUT2D eigenvalue weighted by atomic mass is 10.1. The average Bonchev–Trinajstić information content (AvgIpc) is 3.85. The Kier molecular flexibility index (Phi) is 10.5. The van der Waals surface area contributed by atoms with Crippen molar-refractivity contribution in [3.63, 3.8) is 0 Å². The summed E-state index contributed by atoms with van der Waals surface area (Å²) in [6, 6.07) is 16.3. The number of phenolic OH excluding ortho intramolecular Hbond substituents is 1. The molecule has 0 fully saturated rings. The molecule has 0 saturated heterocycles. The summed E-state index contributed by atoms with van der Waals surface area (Å²) in [5.41, 5.74) is 0.267. The lowest BCUT2D eigenvalue weighted by molar-refractivity contribution is 0.472. The molecular formula is C31H22ClN11O8S5. The molecule has 7 aromatic rings. The van der Waals surface area contributed by atoms with Gasteiger partial charge in [0.2, 0.25) is 17.2 Å². The molecule has 0 amide bonds. The highest BCUT2D eigenvalue weighted by atomic mass is 35.5. The van der Waals surface area contributed by atoms with Crippen LogP contribution in [0.4, 0.5) is 44.9 Å². The van der Waals surface area contributed by atoms with E-state index in [2.05, 4.69) is 55.2 Å². The molecule has 6 N–H and O–H groups in total. The number of benzene rings is 4. The minimum atomic E-state index is -4.96. The maximum Gasteiger partial charge on any atom is 0.296 e. The van der Waals surface area contributed by atoms with Gasteiger partial charge in [0.05, 0.1) is 15.5 Å². The zero-order chi connectivity index (χ0) is 39.7. The van der Waals surface area contributed by atoms with Gasteiger partial charge >= 0.3 is 0 Å². The van der Waals surface area contributed by atoms with E-state index in [0.717, 1.165) is 28.7 Å². The molecule has 3 aromatic heterocycles. The van der Waals surface area contributed by atoms with E-state index in [9.17, 15) is 34.9 Å². The largest absolute Gasteiger partial charge is 0.505 e. The van der Waals surface area contributed by atoms with Gasteiger partial charge in [0.1, 0.15) is 10.6 Å². The predicted octanol–water partition coefficient (Wildman–Crippen LogP) is 7.05. The number of nitrogens with zero attached hydrogens (tertiary/aromatic N) is 7. The van der Waals surface area contributed by atoms with E-state index in [4.69, 9.17) is 11.6 Å². The average molecular weight is 872 g/mol. The number of fused-ring (bicyclic) bond motifs is 1. The SMILES string of the molecule is O=S(=O)(O)c1cc2cc(Nc3nc(Cl)nc(Nc4ccc(S(=O)(=O)Nc5nccs5)cc4)n3)ccc2c(O)c1N=Nc1ccc(S(=O)(=O)Nc2nccs2)cc1. The molecule has 3 heterocycles. The van der Waals surface area contributed by atoms with Crippen LogP contribution >= 0.6 is 34.3 Å².